The lowest BCUT2D eigenvalue weighted by Gasteiger charge is -2.01. The number of aryl methyl sites for hydroxylation is 2. The van der Waals surface area contributed by atoms with E-state index in [1.807, 2.05) is 0 Å². The summed E-state index contributed by atoms with van der Waals surface area (Å²) >= 11 is 0. The number of carboxylic acid groups (broad SMARTS) is 1. The second kappa shape index (κ2) is 7.44. The van der Waals surface area contributed by atoms with Gasteiger partial charge in [0.15, 0.2) is 0 Å². The fourth-order valence-electron chi connectivity index (χ4n) is 2.11. The maximum absolute atomic E-state index is 10.5. The van der Waals surface area contributed by atoms with Crippen molar-refractivity contribution in [1.82, 2.24) is 0 Å². The number of carbonyl (C=O) groups is 1. The van der Waals surface area contributed by atoms with Gasteiger partial charge in [-0.2, -0.15) is 0 Å². The summed E-state index contributed by atoms with van der Waals surface area (Å²) in [5, 5.41) is 8.62. The predicted octanol–water partition coefficient (Wildman–Crippen LogP) is 4.57. The van der Waals surface area contributed by atoms with Crippen LogP contribution in [0.3, 0.4) is 0 Å². The lowest BCUT2D eigenvalue weighted by atomic mass is 10.1. The van der Waals surface area contributed by atoms with Crippen LogP contribution in [0, 0.1) is 6.92 Å². The number of hydrogen-bond donors (Lipinski definition) is 1. The van der Waals surface area contributed by atoms with E-state index < -0.39 is 5.97 Å². The highest BCUT2D eigenvalue weighted by molar-refractivity contribution is 5.69. The Hall–Kier alpha value is -2.35. The van der Waals surface area contributed by atoms with Gasteiger partial charge < -0.3 is 5.11 Å². The van der Waals surface area contributed by atoms with Crippen molar-refractivity contribution in [2.45, 2.75) is 26.2 Å². The molecule has 2 aromatic carbocycles. The number of carboxylic acids is 1. The van der Waals surface area contributed by atoms with E-state index in [2.05, 4.69) is 67.6 Å². The summed E-state index contributed by atoms with van der Waals surface area (Å²) in [6, 6.07) is 16.7. The van der Waals surface area contributed by atoms with Crippen molar-refractivity contribution in [2.24, 2.45) is 0 Å². The van der Waals surface area contributed by atoms with E-state index in [9.17, 15) is 4.79 Å². The van der Waals surface area contributed by atoms with Crippen LogP contribution in [0.15, 0.2) is 48.5 Å². The molecule has 0 spiro atoms. The van der Waals surface area contributed by atoms with Crippen LogP contribution < -0.4 is 0 Å². The molecular formula is C19H20O2. The molecule has 0 aliphatic rings. The molecule has 0 amide bonds. The molecule has 0 saturated heterocycles. The zero-order chi connectivity index (χ0) is 15.1. The first-order valence-corrected chi connectivity index (χ1v) is 7.19. The third kappa shape index (κ3) is 5.27. The fraction of sp³-hybridized carbons (Fsp3) is 0.211. The van der Waals surface area contributed by atoms with Crippen molar-refractivity contribution in [1.29, 1.82) is 0 Å². The van der Waals surface area contributed by atoms with Gasteiger partial charge in [0.1, 0.15) is 0 Å². The highest BCUT2D eigenvalue weighted by Gasteiger charge is 1.98. The van der Waals surface area contributed by atoms with Gasteiger partial charge in [-0.15, -0.1) is 0 Å². The minimum atomic E-state index is -0.729. The van der Waals surface area contributed by atoms with Crippen molar-refractivity contribution >= 4 is 18.1 Å². The van der Waals surface area contributed by atoms with Gasteiger partial charge >= 0.3 is 5.97 Å². The minimum Gasteiger partial charge on any atom is -0.481 e. The molecule has 0 unspecified atom stereocenters. The van der Waals surface area contributed by atoms with Crippen LogP contribution in [0.5, 0.6) is 0 Å². The zero-order valence-corrected chi connectivity index (χ0v) is 12.3. The van der Waals surface area contributed by atoms with E-state index in [4.69, 9.17) is 5.11 Å². The van der Waals surface area contributed by atoms with Crippen LogP contribution in [0.4, 0.5) is 0 Å². The summed E-state index contributed by atoms with van der Waals surface area (Å²) in [5.74, 6) is -0.729. The number of benzene rings is 2. The Morgan fingerprint density at radius 1 is 0.952 bits per heavy atom. The average molecular weight is 280 g/mol. The van der Waals surface area contributed by atoms with Crippen LogP contribution in [-0.4, -0.2) is 11.1 Å². The second-order valence-corrected chi connectivity index (χ2v) is 5.23. The molecule has 0 bridgehead atoms. The molecule has 0 fully saturated rings. The Bertz CT molecular complexity index is 607. The van der Waals surface area contributed by atoms with Gasteiger partial charge in [-0.05, 0) is 36.5 Å². The molecule has 0 aliphatic heterocycles. The zero-order valence-electron chi connectivity index (χ0n) is 12.3. The van der Waals surface area contributed by atoms with Crippen molar-refractivity contribution < 1.29 is 9.90 Å². The van der Waals surface area contributed by atoms with Crippen LogP contribution in [0.2, 0.25) is 0 Å². The van der Waals surface area contributed by atoms with E-state index in [1.165, 1.54) is 16.7 Å². The van der Waals surface area contributed by atoms with Crippen molar-refractivity contribution in [3.05, 3.63) is 70.8 Å². The highest BCUT2D eigenvalue weighted by Crippen LogP contribution is 2.12. The number of rotatable bonds is 6. The Balaban J connectivity index is 1.92. The predicted molar refractivity (Wildman–Crippen MR) is 87.1 cm³/mol. The fourth-order valence-corrected chi connectivity index (χ4v) is 2.11. The second-order valence-electron chi connectivity index (χ2n) is 5.23. The van der Waals surface area contributed by atoms with Gasteiger partial charge in [0.25, 0.3) is 0 Å². The van der Waals surface area contributed by atoms with E-state index in [-0.39, 0.29) is 6.42 Å². The Morgan fingerprint density at radius 2 is 1.48 bits per heavy atom. The molecule has 0 aromatic heterocycles. The molecule has 2 nitrogen and oxygen atoms in total. The summed E-state index contributed by atoms with van der Waals surface area (Å²) in [6.45, 7) is 2.08. The largest absolute Gasteiger partial charge is 0.481 e. The molecular weight excluding hydrogens is 260 g/mol. The molecule has 0 heterocycles. The first-order chi connectivity index (χ1) is 10.1. The Labute approximate surface area is 125 Å². The molecule has 21 heavy (non-hydrogen) atoms. The molecule has 0 aliphatic carbocycles. The Kier molecular flexibility index (Phi) is 5.33. The third-order valence-corrected chi connectivity index (χ3v) is 3.38. The third-order valence-electron chi connectivity index (χ3n) is 3.38. The SMILES string of the molecule is Cc1ccc(/C=C/c2ccc(CCCC(=O)O)cc2)cc1. The summed E-state index contributed by atoms with van der Waals surface area (Å²) in [6.07, 6.45) is 5.92. The molecule has 0 atom stereocenters. The smallest absolute Gasteiger partial charge is 0.303 e. The van der Waals surface area contributed by atoms with Crippen LogP contribution in [-0.2, 0) is 11.2 Å². The topological polar surface area (TPSA) is 37.3 Å². The summed E-state index contributed by atoms with van der Waals surface area (Å²) in [7, 11) is 0. The van der Waals surface area contributed by atoms with Gasteiger partial charge in [-0.1, -0.05) is 66.2 Å². The van der Waals surface area contributed by atoms with Gasteiger partial charge in [-0.25, -0.2) is 0 Å². The van der Waals surface area contributed by atoms with E-state index in [1.54, 1.807) is 0 Å². The monoisotopic (exact) mass is 280 g/mol. The quantitative estimate of drug-likeness (QED) is 0.787. The first-order valence-electron chi connectivity index (χ1n) is 7.19. The molecule has 0 saturated carbocycles. The van der Waals surface area contributed by atoms with E-state index in [0.717, 1.165) is 12.0 Å². The standard InChI is InChI=1S/C19H20O2/c1-15-5-7-17(8-6-15)13-14-18-11-9-16(10-12-18)3-2-4-19(20)21/h5-14H,2-4H2,1H3,(H,20,21)/b14-13+. The maximum Gasteiger partial charge on any atom is 0.303 e. The average Bonchev–Trinajstić information content (AvgIpc) is 2.48. The lowest BCUT2D eigenvalue weighted by molar-refractivity contribution is -0.137. The number of hydrogen-bond acceptors (Lipinski definition) is 1. The summed E-state index contributed by atoms with van der Waals surface area (Å²) in [5.41, 5.74) is 4.78. The Morgan fingerprint density at radius 3 is 2.00 bits per heavy atom. The lowest BCUT2D eigenvalue weighted by Crippen LogP contribution is -1.95. The molecule has 2 rings (SSSR count). The molecule has 2 aromatic rings. The highest BCUT2D eigenvalue weighted by atomic mass is 16.4. The van der Waals surface area contributed by atoms with Crippen LogP contribution in [0.25, 0.3) is 12.2 Å². The first kappa shape index (κ1) is 15.0. The van der Waals surface area contributed by atoms with Crippen LogP contribution in [0.1, 0.15) is 35.1 Å². The van der Waals surface area contributed by atoms with Crippen molar-refractivity contribution in [3.8, 4) is 0 Å². The van der Waals surface area contributed by atoms with Crippen LogP contribution >= 0.6 is 0 Å². The van der Waals surface area contributed by atoms with Gasteiger partial charge in [0.2, 0.25) is 0 Å². The summed E-state index contributed by atoms with van der Waals surface area (Å²) < 4.78 is 0. The summed E-state index contributed by atoms with van der Waals surface area (Å²) in [4.78, 5) is 10.5. The van der Waals surface area contributed by atoms with Gasteiger partial charge in [0, 0.05) is 6.42 Å². The molecule has 0 radical (unpaired) electrons. The molecule has 1 N–H and O–H groups in total. The molecule has 108 valence electrons. The minimum absolute atomic E-state index is 0.231. The maximum atomic E-state index is 10.5. The van der Waals surface area contributed by atoms with Crippen molar-refractivity contribution in [3.63, 3.8) is 0 Å². The van der Waals surface area contributed by atoms with E-state index >= 15 is 0 Å². The van der Waals surface area contributed by atoms with E-state index in [0.29, 0.717) is 6.42 Å². The molecule has 2 heteroatoms. The number of aliphatic carboxylic acids is 1. The van der Waals surface area contributed by atoms with Gasteiger partial charge in [-0.3, -0.25) is 4.79 Å². The van der Waals surface area contributed by atoms with Gasteiger partial charge in [0.05, 0.1) is 0 Å². The van der Waals surface area contributed by atoms with Crippen molar-refractivity contribution in [2.75, 3.05) is 0 Å². The normalized spacial score (nSPS) is 10.9.